The monoisotopic (exact) mass is 312 g/mol. The van der Waals surface area contributed by atoms with Crippen LogP contribution in [0.4, 0.5) is 0 Å². The first kappa shape index (κ1) is 16.3. The highest BCUT2D eigenvalue weighted by molar-refractivity contribution is 7.99. The number of H-pyrrole nitrogens is 1. The highest BCUT2D eigenvalue weighted by Gasteiger charge is 2.14. The summed E-state index contributed by atoms with van der Waals surface area (Å²) < 4.78 is 0. The first-order valence-corrected chi connectivity index (χ1v) is 8.31. The molecule has 2 heterocycles. The molecular formula is C13H24N6OS. The molecule has 1 aliphatic heterocycles. The van der Waals surface area contributed by atoms with E-state index in [1.807, 2.05) is 6.92 Å². The van der Waals surface area contributed by atoms with Crippen molar-refractivity contribution in [2.75, 3.05) is 52.1 Å². The second-order valence-corrected chi connectivity index (χ2v) is 6.40. The Hall–Kier alpha value is -1.12. The number of nitrogens with zero attached hydrogens (tertiary/aromatic N) is 4. The predicted octanol–water partition coefficient (Wildman–Crippen LogP) is -0.0411. The van der Waals surface area contributed by atoms with Crippen LogP contribution in [-0.2, 0) is 4.79 Å². The summed E-state index contributed by atoms with van der Waals surface area (Å²) in [4.78, 5) is 20.7. The van der Waals surface area contributed by atoms with Gasteiger partial charge in [0.1, 0.15) is 5.82 Å². The van der Waals surface area contributed by atoms with Gasteiger partial charge in [0, 0.05) is 25.4 Å². The van der Waals surface area contributed by atoms with Crippen LogP contribution in [0.2, 0.25) is 0 Å². The third-order valence-electron chi connectivity index (χ3n) is 3.41. The Morgan fingerprint density at radius 3 is 3.00 bits per heavy atom. The largest absolute Gasteiger partial charge is 0.354 e. The Balaban J connectivity index is 1.59. The number of carbonyl (C=O) groups is 1. The van der Waals surface area contributed by atoms with E-state index in [4.69, 9.17) is 0 Å². The van der Waals surface area contributed by atoms with Gasteiger partial charge in [-0.3, -0.25) is 14.8 Å². The molecule has 1 aliphatic rings. The predicted molar refractivity (Wildman–Crippen MR) is 83.4 cm³/mol. The van der Waals surface area contributed by atoms with Crippen LogP contribution in [0, 0.1) is 6.92 Å². The second kappa shape index (κ2) is 8.35. The zero-order valence-corrected chi connectivity index (χ0v) is 13.6. The van der Waals surface area contributed by atoms with Crippen molar-refractivity contribution >= 4 is 17.7 Å². The van der Waals surface area contributed by atoms with E-state index in [0.717, 1.165) is 49.3 Å². The van der Waals surface area contributed by atoms with Crippen molar-refractivity contribution in [3.05, 3.63) is 5.82 Å². The molecule has 1 aromatic heterocycles. The lowest BCUT2D eigenvalue weighted by Gasteiger charge is -2.19. The van der Waals surface area contributed by atoms with Crippen molar-refractivity contribution < 1.29 is 4.79 Å². The average molecular weight is 312 g/mol. The normalized spacial score (nSPS) is 17.6. The molecule has 118 valence electrons. The lowest BCUT2D eigenvalue weighted by molar-refractivity contribution is -0.122. The number of aromatic amines is 1. The highest BCUT2D eigenvalue weighted by atomic mass is 32.2. The number of likely N-dealkylation sites (N-methyl/N-ethyl adjacent to an activating group) is 1. The molecule has 0 unspecified atom stereocenters. The smallest absolute Gasteiger partial charge is 0.234 e. The standard InChI is InChI=1S/C13H24N6OS/c1-11-15-13(17-16-11)21-9-4-14-12(20)10-19-6-3-5-18(2)7-8-19/h3-10H2,1-2H3,(H,14,20)(H,15,16,17). The van der Waals surface area contributed by atoms with E-state index in [-0.39, 0.29) is 5.91 Å². The van der Waals surface area contributed by atoms with E-state index in [9.17, 15) is 4.79 Å². The minimum absolute atomic E-state index is 0.103. The van der Waals surface area contributed by atoms with E-state index < -0.39 is 0 Å². The fraction of sp³-hybridized carbons (Fsp3) is 0.769. The van der Waals surface area contributed by atoms with Crippen molar-refractivity contribution in [3.63, 3.8) is 0 Å². The van der Waals surface area contributed by atoms with Gasteiger partial charge in [0.2, 0.25) is 11.1 Å². The summed E-state index contributed by atoms with van der Waals surface area (Å²) in [7, 11) is 2.13. The molecule has 2 N–H and O–H groups in total. The Morgan fingerprint density at radius 1 is 1.38 bits per heavy atom. The topological polar surface area (TPSA) is 77.2 Å². The third-order valence-corrected chi connectivity index (χ3v) is 4.26. The number of carbonyl (C=O) groups excluding carboxylic acids is 1. The third kappa shape index (κ3) is 6.03. The zero-order chi connectivity index (χ0) is 15.1. The number of thioether (sulfide) groups is 1. The Labute approximate surface area is 129 Å². The molecule has 1 saturated heterocycles. The van der Waals surface area contributed by atoms with Crippen LogP contribution in [0.5, 0.6) is 0 Å². The van der Waals surface area contributed by atoms with Gasteiger partial charge in [-0.05, 0) is 33.5 Å². The van der Waals surface area contributed by atoms with Gasteiger partial charge in [-0.1, -0.05) is 11.8 Å². The van der Waals surface area contributed by atoms with Crippen molar-refractivity contribution in [3.8, 4) is 0 Å². The van der Waals surface area contributed by atoms with Gasteiger partial charge in [-0.25, -0.2) is 4.98 Å². The van der Waals surface area contributed by atoms with E-state index in [2.05, 4.69) is 37.3 Å². The minimum Gasteiger partial charge on any atom is -0.354 e. The maximum Gasteiger partial charge on any atom is 0.234 e. The van der Waals surface area contributed by atoms with Crippen LogP contribution in [-0.4, -0.2) is 83.0 Å². The van der Waals surface area contributed by atoms with E-state index in [1.54, 1.807) is 11.8 Å². The fourth-order valence-electron chi connectivity index (χ4n) is 2.24. The minimum atomic E-state index is 0.103. The quantitative estimate of drug-likeness (QED) is 0.567. The number of nitrogens with one attached hydrogen (secondary N) is 2. The van der Waals surface area contributed by atoms with Crippen LogP contribution in [0.1, 0.15) is 12.2 Å². The lowest BCUT2D eigenvalue weighted by Crippen LogP contribution is -2.39. The van der Waals surface area contributed by atoms with Crippen LogP contribution in [0.3, 0.4) is 0 Å². The molecule has 8 heteroatoms. The average Bonchev–Trinajstić information content (AvgIpc) is 2.75. The Morgan fingerprint density at radius 2 is 2.24 bits per heavy atom. The number of hydrogen-bond acceptors (Lipinski definition) is 6. The van der Waals surface area contributed by atoms with Gasteiger partial charge >= 0.3 is 0 Å². The van der Waals surface area contributed by atoms with Crippen LogP contribution in [0.25, 0.3) is 0 Å². The highest BCUT2D eigenvalue weighted by Crippen LogP contribution is 2.10. The summed E-state index contributed by atoms with van der Waals surface area (Å²) in [6, 6.07) is 0. The maximum atomic E-state index is 11.9. The second-order valence-electron chi connectivity index (χ2n) is 5.33. The number of aromatic nitrogens is 3. The number of rotatable bonds is 6. The molecule has 1 aromatic rings. The summed E-state index contributed by atoms with van der Waals surface area (Å²) in [6.07, 6.45) is 1.13. The first-order chi connectivity index (χ1) is 10.1. The van der Waals surface area contributed by atoms with Gasteiger partial charge in [0.05, 0.1) is 6.54 Å². The van der Waals surface area contributed by atoms with Gasteiger partial charge in [0.25, 0.3) is 0 Å². The van der Waals surface area contributed by atoms with Gasteiger partial charge in [-0.15, -0.1) is 5.10 Å². The number of aryl methyl sites for hydroxylation is 1. The summed E-state index contributed by atoms with van der Waals surface area (Å²) >= 11 is 1.54. The van der Waals surface area contributed by atoms with Crippen molar-refractivity contribution in [2.45, 2.75) is 18.5 Å². The van der Waals surface area contributed by atoms with E-state index in [1.165, 1.54) is 0 Å². The lowest BCUT2D eigenvalue weighted by atomic mass is 10.4. The summed E-state index contributed by atoms with van der Waals surface area (Å²) in [5, 5.41) is 10.5. The van der Waals surface area contributed by atoms with Gasteiger partial charge in [0.15, 0.2) is 0 Å². The molecule has 7 nitrogen and oxygen atoms in total. The fourth-order valence-corrected chi connectivity index (χ4v) is 2.93. The Kier molecular flexibility index (Phi) is 6.47. The van der Waals surface area contributed by atoms with Gasteiger partial charge < -0.3 is 10.2 Å². The van der Waals surface area contributed by atoms with E-state index >= 15 is 0 Å². The molecule has 0 spiro atoms. The van der Waals surface area contributed by atoms with Gasteiger partial charge in [-0.2, -0.15) is 0 Å². The zero-order valence-electron chi connectivity index (χ0n) is 12.8. The molecule has 0 radical (unpaired) electrons. The van der Waals surface area contributed by atoms with Crippen molar-refractivity contribution in [2.24, 2.45) is 0 Å². The number of amides is 1. The molecule has 0 aliphatic carbocycles. The van der Waals surface area contributed by atoms with Crippen molar-refractivity contribution in [1.82, 2.24) is 30.3 Å². The SMILES string of the molecule is Cc1nc(SCCNC(=O)CN2CCCN(C)CC2)n[nH]1. The molecular weight excluding hydrogens is 288 g/mol. The first-order valence-electron chi connectivity index (χ1n) is 7.33. The van der Waals surface area contributed by atoms with Crippen molar-refractivity contribution in [1.29, 1.82) is 0 Å². The molecule has 0 atom stereocenters. The molecule has 21 heavy (non-hydrogen) atoms. The summed E-state index contributed by atoms with van der Waals surface area (Å²) in [5.74, 6) is 1.70. The van der Waals surface area contributed by atoms with Crippen LogP contribution in [0.15, 0.2) is 5.16 Å². The maximum absolute atomic E-state index is 11.9. The molecule has 0 aromatic carbocycles. The molecule has 2 rings (SSSR count). The number of hydrogen-bond donors (Lipinski definition) is 2. The Bertz CT molecular complexity index is 452. The summed E-state index contributed by atoms with van der Waals surface area (Å²) in [6.45, 7) is 7.14. The molecule has 1 amide bonds. The molecule has 0 saturated carbocycles. The molecule has 1 fully saturated rings. The van der Waals surface area contributed by atoms with Crippen LogP contribution >= 0.6 is 11.8 Å². The molecule has 0 bridgehead atoms. The summed E-state index contributed by atoms with van der Waals surface area (Å²) in [5.41, 5.74) is 0. The van der Waals surface area contributed by atoms with E-state index in [0.29, 0.717) is 13.1 Å². The van der Waals surface area contributed by atoms with Crippen LogP contribution < -0.4 is 5.32 Å².